The van der Waals surface area contributed by atoms with E-state index in [-0.39, 0.29) is 35.8 Å². The lowest BCUT2D eigenvalue weighted by molar-refractivity contribution is -0.142. The van der Waals surface area contributed by atoms with Crippen molar-refractivity contribution < 1.29 is 19.1 Å². The summed E-state index contributed by atoms with van der Waals surface area (Å²) >= 11 is 6.29. The number of rotatable bonds is 11. The van der Waals surface area contributed by atoms with E-state index in [1.807, 2.05) is 41.3 Å². The Morgan fingerprint density at radius 1 is 0.918 bits per heavy atom. The zero-order valence-corrected chi connectivity index (χ0v) is 34.9. The van der Waals surface area contributed by atoms with E-state index in [4.69, 9.17) is 16.0 Å². The highest BCUT2D eigenvalue weighted by Gasteiger charge is 2.41. The van der Waals surface area contributed by atoms with Gasteiger partial charge >= 0.3 is 0 Å². The first-order valence-electron chi connectivity index (χ1n) is 21.5. The van der Waals surface area contributed by atoms with Crippen molar-refractivity contribution >= 4 is 45.2 Å². The van der Waals surface area contributed by atoms with Crippen LogP contribution in [-0.2, 0) is 17.9 Å². The second kappa shape index (κ2) is 17.9. The van der Waals surface area contributed by atoms with E-state index in [0.29, 0.717) is 77.8 Å². The Bertz CT molecular complexity index is 2580. The Morgan fingerprint density at radius 3 is 2.52 bits per heavy atom. The van der Waals surface area contributed by atoms with Crippen LogP contribution in [0.4, 0.5) is 0 Å². The summed E-state index contributed by atoms with van der Waals surface area (Å²) in [6.45, 7) is 5.97. The molecule has 2 saturated heterocycles. The molecule has 0 spiro atoms. The normalized spacial score (nSPS) is 20.8. The number of oxazole rings is 1. The fourth-order valence-electron chi connectivity index (χ4n) is 9.49. The quantitative estimate of drug-likeness (QED) is 0.141. The van der Waals surface area contributed by atoms with Crippen LogP contribution < -0.4 is 16.2 Å². The minimum atomic E-state index is -1.16. The fraction of sp³-hybridized carbons (Fsp3) is 0.404. The maximum Gasteiger partial charge on any atom is 0.261 e. The summed E-state index contributed by atoms with van der Waals surface area (Å²) in [6, 6.07) is 22.8. The molecule has 3 N–H and O–H groups in total. The first-order chi connectivity index (χ1) is 29.7. The standard InChI is InChI=1S/C47H51ClN8O5/c48-40-13-17-50-41-25-33(7-10-37(40)41)43(57)51-16-12-31-6-9-36(39(24-31)32-4-2-1-3-5-32)45(58)55-20-14-47(60,15-21-55)29-56-30-53-42-26-34(8-11-38(42)46(56)59)44-52-27-35(61-44)28-54-22-18-49-19-23-54/h1-5,7-8,10-11,13,17,25-27,30-31,36,39,49,60H,6,9,12,14-16,18-24,28-29H2,(H,51,57)/t31?,36-,39+/m1/s1. The molecule has 1 unspecified atom stereocenters. The van der Waals surface area contributed by atoms with Crippen molar-refractivity contribution in [3.05, 3.63) is 124 Å². The van der Waals surface area contributed by atoms with Crippen LogP contribution in [0.2, 0.25) is 5.02 Å². The van der Waals surface area contributed by atoms with Crippen molar-refractivity contribution in [1.82, 2.24) is 40.0 Å². The average Bonchev–Trinajstić information content (AvgIpc) is 3.76. The van der Waals surface area contributed by atoms with Gasteiger partial charge in [-0.05, 0) is 92.3 Å². The third-order valence-electron chi connectivity index (χ3n) is 13.0. The Hall–Kier alpha value is -5.47. The predicted molar refractivity (Wildman–Crippen MR) is 234 cm³/mol. The van der Waals surface area contributed by atoms with Gasteiger partial charge in [-0.25, -0.2) is 9.97 Å². The first kappa shape index (κ1) is 40.9. The lowest BCUT2D eigenvalue weighted by Crippen LogP contribution is -2.51. The molecule has 0 radical (unpaired) electrons. The Kier molecular flexibility index (Phi) is 12.0. The number of pyridine rings is 1. The van der Waals surface area contributed by atoms with Crippen molar-refractivity contribution in [3.63, 3.8) is 0 Å². The van der Waals surface area contributed by atoms with Gasteiger partial charge < -0.3 is 25.1 Å². The van der Waals surface area contributed by atoms with E-state index in [9.17, 15) is 19.5 Å². The molecule has 3 atom stereocenters. The number of hydrogen-bond acceptors (Lipinski definition) is 10. The predicted octanol–water partition coefficient (Wildman–Crippen LogP) is 6.03. The minimum Gasteiger partial charge on any atom is -0.440 e. The monoisotopic (exact) mass is 842 g/mol. The highest BCUT2D eigenvalue weighted by Crippen LogP contribution is 2.43. The Labute approximate surface area is 359 Å². The van der Waals surface area contributed by atoms with Gasteiger partial charge in [-0.2, -0.15) is 0 Å². The first-order valence-corrected chi connectivity index (χ1v) is 21.8. The van der Waals surface area contributed by atoms with E-state index in [1.54, 1.807) is 36.7 Å². The van der Waals surface area contributed by atoms with E-state index in [0.717, 1.165) is 74.1 Å². The Balaban J connectivity index is 0.801. The van der Waals surface area contributed by atoms with Crippen LogP contribution in [0.1, 0.15) is 66.1 Å². The molecule has 14 heteroatoms. The number of fused-ring (bicyclic) bond motifs is 2. The summed E-state index contributed by atoms with van der Waals surface area (Å²) in [5.74, 6) is 1.47. The van der Waals surface area contributed by atoms with E-state index in [1.165, 1.54) is 10.9 Å². The third-order valence-corrected chi connectivity index (χ3v) is 13.3. The lowest BCUT2D eigenvalue weighted by Gasteiger charge is -2.42. The van der Waals surface area contributed by atoms with Crippen molar-refractivity contribution in [1.29, 1.82) is 0 Å². The summed E-state index contributed by atoms with van der Waals surface area (Å²) in [5, 5.41) is 20.1. The van der Waals surface area contributed by atoms with Crippen LogP contribution in [0.3, 0.4) is 0 Å². The topological polar surface area (TPSA) is 159 Å². The smallest absolute Gasteiger partial charge is 0.261 e. The number of amides is 2. The summed E-state index contributed by atoms with van der Waals surface area (Å²) in [5.41, 5.74) is 2.26. The van der Waals surface area contributed by atoms with Gasteiger partial charge in [-0.1, -0.05) is 48.0 Å². The van der Waals surface area contributed by atoms with Gasteiger partial charge in [0.2, 0.25) is 11.8 Å². The van der Waals surface area contributed by atoms with E-state index < -0.39 is 5.60 Å². The summed E-state index contributed by atoms with van der Waals surface area (Å²) in [4.78, 5) is 58.7. The average molecular weight is 843 g/mol. The molecule has 13 nitrogen and oxygen atoms in total. The van der Waals surface area contributed by atoms with Crippen LogP contribution in [0.25, 0.3) is 33.3 Å². The SMILES string of the molecule is O=C(NCCC1CC[C@@H](C(=O)N2CCC(O)(Cn3cnc4cc(-c5ncc(CN6CCNCC6)o5)ccc4c3=O)CC2)[C@H](c2ccccc2)C1)c1ccc2c(Cl)ccnc2c1. The number of aromatic nitrogens is 4. The molecule has 1 saturated carbocycles. The molecule has 9 rings (SSSR count). The molecule has 0 bridgehead atoms. The van der Waals surface area contributed by atoms with Gasteiger partial charge in [0, 0.05) is 74.4 Å². The van der Waals surface area contributed by atoms with Gasteiger partial charge in [-0.3, -0.25) is 28.8 Å². The van der Waals surface area contributed by atoms with E-state index in [2.05, 4.69) is 42.6 Å². The largest absolute Gasteiger partial charge is 0.440 e. The maximum atomic E-state index is 14.3. The molecule has 5 heterocycles. The van der Waals surface area contributed by atoms with Crippen molar-refractivity contribution in [3.8, 4) is 11.5 Å². The van der Waals surface area contributed by atoms with E-state index >= 15 is 0 Å². The third kappa shape index (κ3) is 9.11. The number of likely N-dealkylation sites (tertiary alicyclic amines) is 1. The van der Waals surface area contributed by atoms with Gasteiger partial charge in [0.1, 0.15) is 5.76 Å². The number of piperazine rings is 1. The molecule has 3 aromatic heterocycles. The number of hydrogen-bond donors (Lipinski definition) is 3. The molecule has 1 aliphatic carbocycles. The second-order valence-electron chi connectivity index (χ2n) is 17.0. The molecule has 3 aromatic carbocycles. The van der Waals surface area contributed by atoms with Gasteiger partial charge in [0.05, 0.1) is 52.7 Å². The summed E-state index contributed by atoms with van der Waals surface area (Å²) in [6.07, 6.45) is 8.91. The molecule has 316 valence electrons. The highest BCUT2D eigenvalue weighted by atomic mass is 35.5. The van der Waals surface area contributed by atoms with Crippen LogP contribution in [0.15, 0.2) is 101 Å². The summed E-state index contributed by atoms with van der Waals surface area (Å²) in [7, 11) is 0. The number of piperidine rings is 1. The number of benzene rings is 3. The second-order valence-corrected chi connectivity index (χ2v) is 17.4. The molecule has 3 aliphatic rings. The number of carbonyl (C=O) groups is 2. The van der Waals surface area contributed by atoms with Crippen molar-refractivity contribution in [2.45, 2.75) is 63.1 Å². The molecular weight excluding hydrogens is 792 g/mol. The molecule has 2 amide bonds. The minimum absolute atomic E-state index is 0.0472. The van der Waals surface area contributed by atoms with Gasteiger partial charge in [-0.15, -0.1) is 0 Å². The lowest BCUT2D eigenvalue weighted by atomic mass is 9.69. The molecule has 6 aromatic rings. The number of carbonyl (C=O) groups excluding carboxylic acids is 2. The van der Waals surface area contributed by atoms with Gasteiger partial charge in [0.15, 0.2) is 0 Å². The van der Waals surface area contributed by atoms with Crippen molar-refractivity contribution in [2.75, 3.05) is 45.8 Å². The van der Waals surface area contributed by atoms with Crippen LogP contribution in [0, 0.1) is 11.8 Å². The zero-order valence-electron chi connectivity index (χ0n) is 34.1. The van der Waals surface area contributed by atoms with Crippen LogP contribution in [0.5, 0.6) is 0 Å². The number of halogens is 1. The van der Waals surface area contributed by atoms with Crippen LogP contribution >= 0.6 is 11.6 Å². The number of nitrogens with zero attached hydrogens (tertiary/aromatic N) is 6. The fourth-order valence-corrected chi connectivity index (χ4v) is 9.71. The maximum absolute atomic E-state index is 14.3. The molecular formula is C47H51ClN8O5. The molecule has 61 heavy (non-hydrogen) atoms. The van der Waals surface area contributed by atoms with Gasteiger partial charge in [0.25, 0.3) is 11.5 Å². The number of nitrogens with one attached hydrogen (secondary N) is 2. The summed E-state index contributed by atoms with van der Waals surface area (Å²) < 4.78 is 7.56. The van der Waals surface area contributed by atoms with Crippen molar-refractivity contribution in [2.24, 2.45) is 11.8 Å². The highest BCUT2D eigenvalue weighted by molar-refractivity contribution is 6.35. The number of aliphatic hydroxyl groups is 1. The van der Waals surface area contributed by atoms with Crippen LogP contribution in [-0.4, -0.2) is 97.7 Å². The molecule has 3 fully saturated rings. The zero-order chi connectivity index (χ0) is 41.9. The Morgan fingerprint density at radius 2 is 1.70 bits per heavy atom. The molecule has 2 aliphatic heterocycles.